The minimum absolute atomic E-state index is 0.355. The molecule has 34 heavy (non-hydrogen) atoms. The highest BCUT2D eigenvalue weighted by molar-refractivity contribution is 5.75. The Kier molecular flexibility index (Phi) is 7.87. The highest BCUT2D eigenvalue weighted by Gasteiger charge is 2.13. The van der Waals surface area contributed by atoms with Crippen LogP contribution in [-0.4, -0.2) is 23.3 Å². The van der Waals surface area contributed by atoms with Crippen LogP contribution >= 0.6 is 0 Å². The van der Waals surface area contributed by atoms with Gasteiger partial charge in [-0.3, -0.25) is 0 Å². The van der Waals surface area contributed by atoms with E-state index in [9.17, 15) is 0 Å². The molecular formula is C29H32N2O3. The normalized spacial score (nSPS) is 11.3. The summed E-state index contributed by atoms with van der Waals surface area (Å²) in [5, 5.41) is 0. The highest BCUT2D eigenvalue weighted by Crippen LogP contribution is 2.29. The van der Waals surface area contributed by atoms with E-state index in [1.54, 1.807) is 7.11 Å². The summed E-state index contributed by atoms with van der Waals surface area (Å²) in [6.45, 7) is 5.94. The molecule has 0 unspecified atom stereocenters. The van der Waals surface area contributed by atoms with Gasteiger partial charge in [-0.2, -0.15) is 0 Å². The first-order valence-corrected chi connectivity index (χ1v) is 11.8. The molecule has 1 heterocycles. The summed E-state index contributed by atoms with van der Waals surface area (Å²) >= 11 is 0. The molecule has 5 heteroatoms. The Morgan fingerprint density at radius 1 is 0.941 bits per heavy atom. The average molecular weight is 457 g/mol. The minimum Gasteiger partial charge on any atom is -0.494 e. The Morgan fingerprint density at radius 2 is 1.76 bits per heavy atom. The predicted octanol–water partition coefficient (Wildman–Crippen LogP) is 6.69. The molecule has 0 amide bonds. The van der Waals surface area contributed by atoms with Crippen molar-refractivity contribution in [2.75, 3.05) is 13.7 Å². The molecule has 1 aromatic heterocycles. The van der Waals surface area contributed by atoms with E-state index in [-0.39, 0.29) is 0 Å². The van der Waals surface area contributed by atoms with Crippen LogP contribution in [0.5, 0.6) is 17.2 Å². The molecule has 0 saturated carbocycles. The largest absolute Gasteiger partial charge is 0.494 e. The van der Waals surface area contributed by atoms with Crippen molar-refractivity contribution in [3.05, 3.63) is 89.8 Å². The van der Waals surface area contributed by atoms with Crippen molar-refractivity contribution in [2.45, 2.75) is 39.8 Å². The third-order valence-electron chi connectivity index (χ3n) is 5.76. The molecule has 0 aliphatic heterocycles. The van der Waals surface area contributed by atoms with Gasteiger partial charge in [0.05, 0.1) is 24.8 Å². The topological polar surface area (TPSA) is 45.5 Å². The number of hydrogen-bond donors (Lipinski definition) is 0. The Hall–Kier alpha value is -3.73. The number of aromatic nitrogens is 2. The Morgan fingerprint density at radius 3 is 2.53 bits per heavy atom. The van der Waals surface area contributed by atoms with Crippen LogP contribution in [0.4, 0.5) is 0 Å². The van der Waals surface area contributed by atoms with E-state index >= 15 is 0 Å². The number of imidazole rings is 1. The molecule has 0 radical (unpaired) electrons. The van der Waals surface area contributed by atoms with Gasteiger partial charge < -0.3 is 18.8 Å². The van der Waals surface area contributed by atoms with Gasteiger partial charge in [0.1, 0.15) is 18.2 Å². The molecule has 3 aromatic carbocycles. The molecule has 5 nitrogen and oxygen atoms in total. The second kappa shape index (κ2) is 11.4. The van der Waals surface area contributed by atoms with E-state index in [1.807, 2.05) is 67.6 Å². The monoisotopic (exact) mass is 456 g/mol. The van der Waals surface area contributed by atoms with E-state index < -0.39 is 0 Å². The van der Waals surface area contributed by atoms with Crippen LogP contribution in [0, 0.1) is 0 Å². The number of benzene rings is 3. The van der Waals surface area contributed by atoms with Crippen LogP contribution in [-0.2, 0) is 19.6 Å². The number of methoxy groups -OCH3 is 1. The Labute approximate surface area is 201 Å². The summed E-state index contributed by atoms with van der Waals surface area (Å²) in [5.74, 6) is 3.20. The van der Waals surface area contributed by atoms with Gasteiger partial charge in [-0.15, -0.1) is 0 Å². The molecule has 0 atom stereocenters. The summed E-state index contributed by atoms with van der Waals surface area (Å²) < 4.78 is 19.9. The van der Waals surface area contributed by atoms with E-state index in [0.29, 0.717) is 24.7 Å². The summed E-state index contributed by atoms with van der Waals surface area (Å²) in [6.07, 6.45) is 5.93. The van der Waals surface area contributed by atoms with Crippen molar-refractivity contribution in [3.63, 3.8) is 0 Å². The maximum Gasteiger partial charge on any atom is 0.161 e. The number of para-hydroxylation sites is 2. The summed E-state index contributed by atoms with van der Waals surface area (Å²) in [7, 11) is 1.66. The zero-order valence-corrected chi connectivity index (χ0v) is 20.2. The molecule has 0 bridgehead atoms. The number of allylic oxidation sites excluding steroid dienone is 1. The van der Waals surface area contributed by atoms with Crippen molar-refractivity contribution in [3.8, 4) is 17.2 Å². The zero-order chi connectivity index (χ0) is 23.8. The van der Waals surface area contributed by atoms with Gasteiger partial charge in [0, 0.05) is 6.54 Å². The van der Waals surface area contributed by atoms with Crippen molar-refractivity contribution in [2.24, 2.45) is 0 Å². The third kappa shape index (κ3) is 5.60. The molecule has 0 N–H and O–H groups in total. The van der Waals surface area contributed by atoms with Crippen molar-refractivity contribution in [1.82, 2.24) is 9.55 Å². The fourth-order valence-electron chi connectivity index (χ4n) is 3.96. The predicted molar refractivity (Wildman–Crippen MR) is 138 cm³/mol. The highest BCUT2D eigenvalue weighted by atomic mass is 16.5. The number of hydrogen-bond acceptors (Lipinski definition) is 4. The lowest BCUT2D eigenvalue weighted by atomic mass is 10.2. The lowest BCUT2D eigenvalue weighted by Gasteiger charge is -2.13. The van der Waals surface area contributed by atoms with Crippen molar-refractivity contribution < 1.29 is 14.2 Å². The smallest absolute Gasteiger partial charge is 0.161 e. The first-order chi connectivity index (χ1) is 16.7. The molecular weight excluding hydrogens is 424 g/mol. The van der Waals surface area contributed by atoms with E-state index in [0.717, 1.165) is 47.6 Å². The lowest BCUT2D eigenvalue weighted by Crippen LogP contribution is -2.10. The van der Waals surface area contributed by atoms with Crippen LogP contribution in [0.15, 0.2) is 72.8 Å². The van der Waals surface area contributed by atoms with E-state index in [4.69, 9.17) is 19.2 Å². The van der Waals surface area contributed by atoms with Gasteiger partial charge in [0.15, 0.2) is 11.5 Å². The number of aryl methyl sites for hydroxylation is 2. The molecule has 0 fully saturated rings. The minimum atomic E-state index is 0.355. The average Bonchev–Trinajstić information content (AvgIpc) is 3.23. The molecule has 0 aliphatic carbocycles. The van der Waals surface area contributed by atoms with Crippen LogP contribution in [0.1, 0.15) is 37.2 Å². The fraction of sp³-hybridized carbons (Fsp3) is 0.276. The lowest BCUT2D eigenvalue weighted by molar-refractivity contribution is 0.267. The first-order valence-electron chi connectivity index (χ1n) is 11.8. The second-order valence-corrected chi connectivity index (χ2v) is 8.07. The van der Waals surface area contributed by atoms with E-state index in [2.05, 4.69) is 29.7 Å². The van der Waals surface area contributed by atoms with Crippen LogP contribution in [0.2, 0.25) is 0 Å². The molecule has 176 valence electrons. The van der Waals surface area contributed by atoms with Gasteiger partial charge >= 0.3 is 0 Å². The summed E-state index contributed by atoms with van der Waals surface area (Å²) in [6, 6.07) is 22.4. The van der Waals surface area contributed by atoms with Crippen LogP contribution < -0.4 is 14.2 Å². The van der Waals surface area contributed by atoms with Gasteiger partial charge in [-0.1, -0.05) is 49.4 Å². The Balaban J connectivity index is 1.44. The summed E-state index contributed by atoms with van der Waals surface area (Å²) in [5.41, 5.74) is 4.45. The van der Waals surface area contributed by atoms with Gasteiger partial charge in [0.25, 0.3) is 0 Å². The Bertz CT molecular complexity index is 1240. The first kappa shape index (κ1) is 23.4. The van der Waals surface area contributed by atoms with Gasteiger partial charge in [0.2, 0.25) is 0 Å². The molecule has 4 rings (SSSR count). The quantitative estimate of drug-likeness (QED) is 0.236. The number of ether oxygens (including phenoxy) is 3. The van der Waals surface area contributed by atoms with Gasteiger partial charge in [-0.05, 0) is 67.3 Å². The molecule has 0 spiro atoms. The molecule has 4 aromatic rings. The van der Waals surface area contributed by atoms with Crippen LogP contribution in [0.25, 0.3) is 17.1 Å². The van der Waals surface area contributed by atoms with Crippen molar-refractivity contribution in [1.29, 1.82) is 0 Å². The number of fused-ring (bicyclic) bond motifs is 1. The SMILES string of the molecule is C/C=C\c1ccc(OCc2nc3ccccc3n2CCCOc2ccc(CC)cc2)c(OC)c1. The maximum atomic E-state index is 6.15. The molecule has 0 saturated heterocycles. The van der Waals surface area contributed by atoms with Gasteiger partial charge in [-0.25, -0.2) is 4.98 Å². The van der Waals surface area contributed by atoms with Crippen LogP contribution in [0.3, 0.4) is 0 Å². The van der Waals surface area contributed by atoms with Crippen molar-refractivity contribution >= 4 is 17.1 Å². The summed E-state index contributed by atoms with van der Waals surface area (Å²) in [4.78, 5) is 4.83. The zero-order valence-electron chi connectivity index (χ0n) is 20.2. The fourth-order valence-corrected chi connectivity index (χ4v) is 3.96. The number of rotatable bonds is 11. The second-order valence-electron chi connectivity index (χ2n) is 8.07. The maximum absolute atomic E-state index is 6.15. The standard InChI is InChI=1S/C29H32N2O3/c1-4-9-23-14-17-27(28(20-23)32-3)34-21-29-30-25-10-6-7-11-26(25)31(29)18-8-19-33-24-15-12-22(5-2)13-16-24/h4,6-7,9-17,20H,5,8,18-19,21H2,1-3H3/b9-4-. The third-order valence-corrected chi connectivity index (χ3v) is 5.76. The number of nitrogens with zero attached hydrogens (tertiary/aromatic N) is 2. The molecule has 0 aliphatic rings. The van der Waals surface area contributed by atoms with E-state index in [1.165, 1.54) is 5.56 Å².